The molecule has 1 saturated carbocycles. The van der Waals surface area contributed by atoms with E-state index in [4.69, 9.17) is 11.6 Å². The number of pyridine rings is 1. The maximum absolute atomic E-state index is 12.2. The van der Waals surface area contributed by atoms with E-state index in [2.05, 4.69) is 10.3 Å². The molecule has 0 spiro atoms. The first-order valence-corrected chi connectivity index (χ1v) is 7.04. The maximum atomic E-state index is 12.2. The summed E-state index contributed by atoms with van der Waals surface area (Å²) >= 11 is 5.83. The number of hydrogen-bond acceptors (Lipinski definition) is 3. The number of aromatic nitrogens is 1. The molecule has 108 valence electrons. The van der Waals surface area contributed by atoms with Crippen molar-refractivity contribution in [1.29, 1.82) is 0 Å². The molecule has 3 unspecified atom stereocenters. The molecule has 0 bridgehead atoms. The number of nitrogens with one attached hydrogen (secondary N) is 1. The van der Waals surface area contributed by atoms with Crippen molar-refractivity contribution < 1.29 is 14.7 Å². The van der Waals surface area contributed by atoms with Crippen LogP contribution in [-0.4, -0.2) is 22.0 Å². The second-order valence-electron chi connectivity index (χ2n) is 5.15. The van der Waals surface area contributed by atoms with Crippen molar-refractivity contribution in [2.75, 3.05) is 5.32 Å². The van der Waals surface area contributed by atoms with E-state index in [0.717, 1.165) is 6.42 Å². The largest absolute Gasteiger partial charge is 0.481 e. The third kappa shape index (κ3) is 3.28. The number of rotatable bonds is 4. The van der Waals surface area contributed by atoms with Crippen molar-refractivity contribution in [2.24, 2.45) is 17.8 Å². The normalized spacial score (nSPS) is 25.4. The van der Waals surface area contributed by atoms with Gasteiger partial charge in [0.25, 0.3) is 0 Å². The number of carbonyl (C=O) groups is 2. The van der Waals surface area contributed by atoms with Crippen LogP contribution in [0.1, 0.15) is 26.2 Å². The number of aliphatic carboxylic acids is 1. The lowest BCUT2D eigenvalue weighted by atomic mass is 9.95. The van der Waals surface area contributed by atoms with Gasteiger partial charge in [-0.1, -0.05) is 24.9 Å². The molecule has 0 radical (unpaired) electrons. The van der Waals surface area contributed by atoms with Gasteiger partial charge < -0.3 is 10.4 Å². The van der Waals surface area contributed by atoms with Crippen LogP contribution in [0.3, 0.4) is 0 Å². The Morgan fingerprint density at radius 3 is 2.75 bits per heavy atom. The zero-order chi connectivity index (χ0) is 14.7. The number of carboxylic acids is 1. The van der Waals surface area contributed by atoms with Crippen LogP contribution >= 0.6 is 11.6 Å². The highest BCUT2D eigenvalue weighted by Crippen LogP contribution is 2.38. The summed E-state index contributed by atoms with van der Waals surface area (Å²) in [4.78, 5) is 27.5. The summed E-state index contributed by atoms with van der Waals surface area (Å²) in [7, 11) is 0. The molecule has 1 heterocycles. The van der Waals surface area contributed by atoms with Gasteiger partial charge in [0.05, 0.1) is 11.8 Å². The molecular formula is C14H17ClN2O3. The summed E-state index contributed by atoms with van der Waals surface area (Å²) < 4.78 is 0. The standard InChI is InChI=1S/C14H17ClN2O3/c1-2-8-5-10(11(6-8)14(19)20)13(18)17-12-7-9(15)3-4-16-12/h3-4,7-8,10-11H,2,5-6H2,1H3,(H,19,20)(H,16,17,18). The molecule has 5 nitrogen and oxygen atoms in total. The second-order valence-corrected chi connectivity index (χ2v) is 5.58. The SMILES string of the molecule is CCC1CC(C(=O)O)C(C(=O)Nc2cc(Cl)ccn2)C1. The van der Waals surface area contributed by atoms with E-state index in [9.17, 15) is 14.7 Å². The highest BCUT2D eigenvalue weighted by Gasteiger charge is 2.42. The van der Waals surface area contributed by atoms with E-state index in [1.807, 2.05) is 6.92 Å². The smallest absolute Gasteiger partial charge is 0.307 e. The van der Waals surface area contributed by atoms with Gasteiger partial charge in [-0.15, -0.1) is 0 Å². The maximum Gasteiger partial charge on any atom is 0.307 e. The predicted octanol–water partition coefficient (Wildman–Crippen LogP) is 2.81. The average Bonchev–Trinajstić information content (AvgIpc) is 2.83. The number of hydrogen-bond donors (Lipinski definition) is 2. The van der Waals surface area contributed by atoms with Crippen LogP contribution < -0.4 is 5.32 Å². The second kappa shape index (κ2) is 6.22. The molecule has 1 aliphatic rings. The molecule has 0 saturated heterocycles. The van der Waals surface area contributed by atoms with Gasteiger partial charge in [0.15, 0.2) is 0 Å². The Hall–Kier alpha value is -1.62. The van der Waals surface area contributed by atoms with E-state index < -0.39 is 17.8 Å². The Bertz CT molecular complexity index is 521. The van der Waals surface area contributed by atoms with Crippen LogP contribution in [0.5, 0.6) is 0 Å². The number of amides is 1. The fraction of sp³-hybridized carbons (Fsp3) is 0.500. The van der Waals surface area contributed by atoms with Crippen LogP contribution in [0.2, 0.25) is 5.02 Å². The van der Waals surface area contributed by atoms with Crippen LogP contribution in [0.15, 0.2) is 18.3 Å². The monoisotopic (exact) mass is 296 g/mol. The van der Waals surface area contributed by atoms with Gasteiger partial charge in [-0.2, -0.15) is 0 Å². The van der Waals surface area contributed by atoms with Crippen molar-refractivity contribution in [3.05, 3.63) is 23.4 Å². The number of carboxylic acid groups (broad SMARTS) is 1. The molecule has 1 aromatic rings. The summed E-state index contributed by atoms with van der Waals surface area (Å²) in [5.41, 5.74) is 0. The Balaban J connectivity index is 2.09. The number of halogens is 1. The van der Waals surface area contributed by atoms with Crippen LogP contribution in [-0.2, 0) is 9.59 Å². The molecule has 2 rings (SSSR count). The number of carbonyl (C=O) groups excluding carboxylic acids is 1. The lowest BCUT2D eigenvalue weighted by molar-refractivity contribution is -0.145. The fourth-order valence-electron chi connectivity index (χ4n) is 2.73. The third-order valence-electron chi connectivity index (χ3n) is 3.86. The first-order chi connectivity index (χ1) is 9.51. The minimum Gasteiger partial charge on any atom is -0.481 e. The van der Waals surface area contributed by atoms with Gasteiger partial charge >= 0.3 is 5.97 Å². The highest BCUT2D eigenvalue weighted by atomic mass is 35.5. The Labute approximate surface area is 122 Å². The van der Waals surface area contributed by atoms with E-state index >= 15 is 0 Å². The minimum atomic E-state index is -0.903. The molecule has 1 amide bonds. The fourth-order valence-corrected chi connectivity index (χ4v) is 2.89. The molecule has 6 heteroatoms. The molecule has 1 aliphatic carbocycles. The number of anilines is 1. The Morgan fingerprint density at radius 1 is 1.45 bits per heavy atom. The van der Waals surface area contributed by atoms with Crippen LogP contribution in [0.25, 0.3) is 0 Å². The van der Waals surface area contributed by atoms with Crippen molar-refractivity contribution in [2.45, 2.75) is 26.2 Å². The van der Waals surface area contributed by atoms with E-state index in [0.29, 0.717) is 29.6 Å². The average molecular weight is 297 g/mol. The van der Waals surface area contributed by atoms with E-state index in [1.165, 1.54) is 6.20 Å². The molecule has 1 fully saturated rings. The molecule has 20 heavy (non-hydrogen) atoms. The molecule has 0 aliphatic heterocycles. The van der Waals surface area contributed by atoms with Crippen molar-refractivity contribution in [3.63, 3.8) is 0 Å². The first-order valence-electron chi connectivity index (χ1n) is 6.66. The molecule has 1 aromatic heterocycles. The topological polar surface area (TPSA) is 79.3 Å². The highest BCUT2D eigenvalue weighted by molar-refractivity contribution is 6.30. The molecule has 0 aromatic carbocycles. The van der Waals surface area contributed by atoms with Crippen LogP contribution in [0.4, 0.5) is 5.82 Å². The summed E-state index contributed by atoms with van der Waals surface area (Å²) in [6.45, 7) is 2.02. The zero-order valence-electron chi connectivity index (χ0n) is 11.2. The lowest BCUT2D eigenvalue weighted by Gasteiger charge is -2.15. The minimum absolute atomic E-state index is 0.289. The zero-order valence-corrected chi connectivity index (χ0v) is 11.9. The Kier molecular flexibility index (Phi) is 4.60. The summed E-state index contributed by atoms with van der Waals surface area (Å²) in [6.07, 6.45) is 3.56. The van der Waals surface area contributed by atoms with Gasteiger partial charge in [-0.25, -0.2) is 4.98 Å². The van der Waals surface area contributed by atoms with Crippen molar-refractivity contribution in [1.82, 2.24) is 4.98 Å². The van der Waals surface area contributed by atoms with Gasteiger partial charge in [-0.3, -0.25) is 9.59 Å². The first kappa shape index (κ1) is 14.8. The van der Waals surface area contributed by atoms with Gasteiger partial charge in [0, 0.05) is 11.2 Å². The van der Waals surface area contributed by atoms with Crippen molar-refractivity contribution >= 4 is 29.3 Å². The predicted molar refractivity (Wildman–Crippen MR) is 75.5 cm³/mol. The molecular weight excluding hydrogens is 280 g/mol. The van der Waals surface area contributed by atoms with E-state index in [1.54, 1.807) is 12.1 Å². The third-order valence-corrected chi connectivity index (χ3v) is 4.10. The lowest BCUT2D eigenvalue weighted by Crippen LogP contribution is -2.30. The quantitative estimate of drug-likeness (QED) is 0.895. The van der Waals surface area contributed by atoms with Gasteiger partial charge in [0.1, 0.15) is 5.82 Å². The van der Waals surface area contributed by atoms with Crippen molar-refractivity contribution in [3.8, 4) is 0 Å². The Morgan fingerprint density at radius 2 is 2.15 bits per heavy atom. The van der Waals surface area contributed by atoms with E-state index in [-0.39, 0.29) is 5.91 Å². The molecule has 3 atom stereocenters. The summed E-state index contributed by atoms with van der Waals surface area (Å²) in [6, 6.07) is 3.15. The summed E-state index contributed by atoms with van der Waals surface area (Å²) in [5, 5.41) is 12.4. The van der Waals surface area contributed by atoms with Gasteiger partial charge in [0.2, 0.25) is 5.91 Å². The number of nitrogens with zero attached hydrogens (tertiary/aromatic N) is 1. The van der Waals surface area contributed by atoms with Crippen LogP contribution in [0, 0.1) is 17.8 Å². The van der Waals surface area contributed by atoms with Gasteiger partial charge in [-0.05, 0) is 30.9 Å². The molecule has 2 N–H and O–H groups in total. The summed E-state index contributed by atoms with van der Waals surface area (Å²) in [5.74, 6) is -1.66.